The van der Waals surface area contributed by atoms with Gasteiger partial charge in [0.1, 0.15) is 6.04 Å². The molecule has 1 aromatic carbocycles. The topological polar surface area (TPSA) is 93.1 Å². The van der Waals surface area contributed by atoms with E-state index in [9.17, 15) is 19.5 Å². The molecule has 1 heterocycles. The molecule has 0 radical (unpaired) electrons. The Hall–Kier alpha value is -2.41. The van der Waals surface area contributed by atoms with Crippen molar-refractivity contribution in [3.63, 3.8) is 0 Å². The van der Waals surface area contributed by atoms with Crippen molar-refractivity contribution in [1.82, 2.24) is 4.90 Å². The summed E-state index contributed by atoms with van der Waals surface area (Å²) in [5.41, 5.74) is 0.783. The number of carboxylic acids is 1. The Bertz CT molecular complexity index is 627. The normalized spacial score (nSPS) is 17.7. The molecule has 0 aliphatic carbocycles. The molecule has 0 unspecified atom stereocenters. The number of rotatable bonds is 5. The van der Waals surface area contributed by atoms with E-state index in [0.29, 0.717) is 19.5 Å². The third-order valence-corrected chi connectivity index (χ3v) is 3.55. The van der Waals surface area contributed by atoms with Crippen molar-refractivity contribution >= 4 is 17.9 Å². The first-order valence-corrected chi connectivity index (χ1v) is 7.33. The van der Waals surface area contributed by atoms with Gasteiger partial charge in [-0.05, 0) is 37.1 Å². The highest BCUT2D eigenvalue weighted by Crippen LogP contribution is 2.30. The van der Waals surface area contributed by atoms with E-state index >= 15 is 0 Å². The maximum atomic E-state index is 11.2. The predicted molar refractivity (Wildman–Crippen MR) is 80.1 cm³/mol. The Kier molecular flexibility index (Phi) is 5.33. The van der Waals surface area contributed by atoms with Gasteiger partial charge >= 0.3 is 17.9 Å². The first-order valence-electron chi connectivity index (χ1n) is 7.33. The Morgan fingerprint density at radius 2 is 1.83 bits per heavy atom. The monoisotopic (exact) mass is 321 g/mol. The van der Waals surface area contributed by atoms with Crippen LogP contribution in [-0.4, -0.2) is 40.5 Å². The van der Waals surface area contributed by atoms with Gasteiger partial charge < -0.3 is 14.6 Å². The SMILES string of the molecule is CC(=O)Oc1ccc(CN2CCC[C@H]2C(=O)O)cc1OC(C)=O. The lowest BCUT2D eigenvalue weighted by atomic mass is 10.1. The minimum absolute atomic E-state index is 0.149. The smallest absolute Gasteiger partial charge is 0.320 e. The van der Waals surface area contributed by atoms with Gasteiger partial charge in [0.25, 0.3) is 0 Å². The molecule has 2 rings (SSSR count). The summed E-state index contributed by atoms with van der Waals surface area (Å²) in [6.07, 6.45) is 1.46. The van der Waals surface area contributed by atoms with E-state index in [4.69, 9.17) is 9.47 Å². The van der Waals surface area contributed by atoms with Crippen LogP contribution in [0.4, 0.5) is 0 Å². The maximum absolute atomic E-state index is 11.2. The summed E-state index contributed by atoms with van der Waals surface area (Å²) >= 11 is 0. The fraction of sp³-hybridized carbons (Fsp3) is 0.438. The Labute approximate surface area is 133 Å². The summed E-state index contributed by atoms with van der Waals surface area (Å²) in [6, 6.07) is 4.36. The van der Waals surface area contributed by atoms with Crippen LogP contribution in [-0.2, 0) is 20.9 Å². The largest absolute Gasteiger partial charge is 0.480 e. The average Bonchev–Trinajstić information content (AvgIpc) is 2.89. The van der Waals surface area contributed by atoms with E-state index in [1.807, 2.05) is 4.90 Å². The van der Waals surface area contributed by atoms with E-state index < -0.39 is 23.9 Å². The summed E-state index contributed by atoms with van der Waals surface area (Å²) in [6.45, 7) is 3.63. The van der Waals surface area contributed by atoms with Crippen LogP contribution in [0.2, 0.25) is 0 Å². The Morgan fingerprint density at radius 1 is 1.17 bits per heavy atom. The van der Waals surface area contributed by atoms with E-state index in [-0.39, 0.29) is 11.5 Å². The van der Waals surface area contributed by atoms with Crippen molar-refractivity contribution in [2.24, 2.45) is 0 Å². The van der Waals surface area contributed by atoms with Gasteiger partial charge in [-0.2, -0.15) is 0 Å². The number of carbonyl (C=O) groups excluding carboxylic acids is 2. The summed E-state index contributed by atoms with van der Waals surface area (Å²) in [5.74, 6) is -1.57. The molecule has 7 heteroatoms. The van der Waals surface area contributed by atoms with Crippen molar-refractivity contribution in [2.45, 2.75) is 39.3 Å². The number of hydrogen-bond acceptors (Lipinski definition) is 6. The van der Waals surface area contributed by atoms with Crippen molar-refractivity contribution in [3.8, 4) is 11.5 Å². The molecule has 7 nitrogen and oxygen atoms in total. The fourth-order valence-electron chi connectivity index (χ4n) is 2.65. The number of carbonyl (C=O) groups is 3. The molecule has 1 aliphatic rings. The van der Waals surface area contributed by atoms with Crippen molar-refractivity contribution in [1.29, 1.82) is 0 Å². The van der Waals surface area contributed by atoms with Gasteiger partial charge in [-0.3, -0.25) is 19.3 Å². The number of benzene rings is 1. The van der Waals surface area contributed by atoms with E-state index in [1.165, 1.54) is 13.8 Å². The zero-order valence-corrected chi connectivity index (χ0v) is 13.1. The number of esters is 2. The minimum Gasteiger partial charge on any atom is -0.480 e. The number of ether oxygens (including phenoxy) is 2. The highest BCUT2D eigenvalue weighted by molar-refractivity contribution is 5.74. The maximum Gasteiger partial charge on any atom is 0.320 e. The lowest BCUT2D eigenvalue weighted by Crippen LogP contribution is -2.35. The van der Waals surface area contributed by atoms with E-state index in [1.54, 1.807) is 18.2 Å². The summed E-state index contributed by atoms with van der Waals surface area (Å²) in [5, 5.41) is 9.21. The van der Waals surface area contributed by atoms with Crippen LogP contribution >= 0.6 is 0 Å². The van der Waals surface area contributed by atoms with Gasteiger partial charge in [0.05, 0.1) is 0 Å². The molecule has 0 bridgehead atoms. The van der Waals surface area contributed by atoms with Gasteiger partial charge in [0, 0.05) is 20.4 Å². The van der Waals surface area contributed by atoms with Gasteiger partial charge in [-0.1, -0.05) is 6.07 Å². The van der Waals surface area contributed by atoms with Gasteiger partial charge in [-0.15, -0.1) is 0 Å². The summed E-state index contributed by atoms with van der Waals surface area (Å²) in [4.78, 5) is 35.4. The standard InChI is InChI=1S/C16H19NO6/c1-10(18)22-14-6-5-12(8-15(14)23-11(2)19)9-17-7-3-4-13(17)16(20)21/h5-6,8,13H,3-4,7,9H2,1-2H3,(H,20,21)/t13-/m0/s1. The first kappa shape index (κ1) is 17.0. The van der Waals surface area contributed by atoms with Crippen LogP contribution in [0.25, 0.3) is 0 Å². The van der Waals surface area contributed by atoms with Crippen LogP contribution in [0.3, 0.4) is 0 Å². The molecule has 1 fully saturated rings. The molecular formula is C16H19NO6. The molecule has 1 aromatic rings. The van der Waals surface area contributed by atoms with E-state index in [2.05, 4.69) is 0 Å². The molecule has 1 saturated heterocycles. The number of likely N-dealkylation sites (tertiary alicyclic amines) is 1. The number of nitrogens with zero attached hydrogens (tertiary/aromatic N) is 1. The zero-order valence-electron chi connectivity index (χ0n) is 13.1. The van der Waals surface area contributed by atoms with Crippen LogP contribution < -0.4 is 9.47 Å². The molecule has 124 valence electrons. The van der Waals surface area contributed by atoms with Crippen molar-refractivity contribution < 1.29 is 29.0 Å². The molecule has 0 saturated carbocycles. The molecule has 23 heavy (non-hydrogen) atoms. The van der Waals surface area contributed by atoms with Crippen LogP contribution in [0, 0.1) is 0 Å². The van der Waals surface area contributed by atoms with Gasteiger partial charge in [0.15, 0.2) is 11.5 Å². The highest BCUT2D eigenvalue weighted by atomic mass is 16.6. The summed E-state index contributed by atoms with van der Waals surface area (Å²) in [7, 11) is 0. The molecule has 0 aromatic heterocycles. The van der Waals surface area contributed by atoms with Crippen LogP contribution in [0.1, 0.15) is 32.3 Å². The highest BCUT2D eigenvalue weighted by Gasteiger charge is 2.30. The fourth-order valence-corrected chi connectivity index (χ4v) is 2.65. The molecule has 1 atom stereocenters. The molecule has 0 amide bonds. The van der Waals surface area contributed by atoms with Crippen molar-refractivity contribution in [2.75, 3.05) is 6.54 Å². The second-order valence-corrected chi connectivity index (χ2v) is 5.44. The minimum atomic E-state index is -0.834. The van der Waals surface area contributed by atoms with E-state index in [0.717, 1.165) is 12.0 Å². The Balaban J connectivity index is 2.20. The third kappa shape index (κ3) is 4.53. The van der Waals surface area contributed by atoms with Crippen LogP contribution in [0.15, 0.2) is 18.2 Å². The van der Waals surface area contributed by atoms with Gasteiger partial charge in [0.2, 0.25) is 0 Å². The predicted octanol–water partition coefficient (Wildman–Crippen LogP) is 1.59. The third-order valence-electron chi connectivity index (χ3n) is 3.55. The lowest BCUT2D eigenvalue weighted by Gasteiger charge is -2.21. The number of carboxylic acid groups (broad SMARTS) is 1. The summed E-state index contributed by atoms with van der Waals surface area (Å²) < 4.78 is 10.1. The second kappa shape index (κ2) is 7.23. The second-order valence-electron chi connectivity index (χ2n) is 5.44. The number of aliphatic carboxylic acids is 1. The van der Waals surface area contributed by atoms with Crippen LogP contribution in [0.5, 0.6) is 11.5 Å². The molecule has 1 N–H and O–H groups in total. The first-order chi connectivity index (χ1) is 10.9. The zero-order chi connectivity index (χ0) is 17.0. The average molecular weight is 321 g/mol. The molecule has 0 spiro atoms. The molecular weight excluding hydrogens is 302 g/mol. The van der Waals surface area contributed by atoms with Gasteiger partial charge in [-0.25, -0.2) is 0 Å². The Morgan fingerprint density at radius 3 is 2.43 bits per heavy atom. The lowest BCUT2D eigenvalue weighted by molar-refractivity contribution is -0.142. The quantitative estimate of drug-likeness (QED) is 0.650. The number of hydrogen-bond donors (Lipinski definition) is 1. The van der Waals surface area contributed by atoms with Crippen molar-refractivity contribution in [3.05, 3.63) is 23.8 Å². The molecule has 1 aliphatic heterocycles.